The van der Waals surface area contributed by atoms with E-state index in [2.05, 4.69) is 6.07 Å². The number of methoxy groups -OCH3 is 1. The van der Waals surface area contributed by atoms with Gasteiger partial charge in [0.05, 0.1) is 29.0 Å². The fourth-order valence-electron chi connectivity index (χ4n) is 3.08. The van der Waals surface area contributed by atoms with Crippen LogP contribution in [0.3, 0.4) is 0 Å². The summed E-state index contributed by atoms with van der Waals surface area (Å²) in [6.07, 6.45) is 0. The van der Waals surface area contributed by atoms with Gasteiger partial charge in [0.2, 0.25) is 5.91 Å². The van der Waals surface area contributed by atoms with Crippen molar-refractivity contribution in [2.24, 2.45) is 0 Å². The van der Waals surface area contributed by atoms with E-state index in [1.54, 1.807) is 23.3 Å². The molecule has 3 rings (SSSR count). The van der Waals surface area contributed by atoms with Crippen LogP contribution in [-0.4, -0.2) is 41.7 Å². The highest BCUT2D eigenvalue weighted by Crippen LogP contribution is 2.36. The van der Waals surface area contributed by atoms with Gasteiger partial charge in [-0.05, 0) is 49.1 Å². The van der Waals surface area contributed by atoms with Gasteiger partial charge in [-0.25, -0.2) is 4.98 Å². The SMILES string of the molecule is CCN(CC)C(=O)CSc1nc(-c2cccs2)cc(-c2ccc(OC)cc2)c1C#N. The third kappa shape index (κ3) is 4.84. The number of thioether (sulfide) groups is 1. The van der Waals surface area contributed by atoms with Crippen LogP contribution in [0.4, 0.5) is 0 Å². The lowest BCUT2D eigenvalue weighted by Gasteiger charge is -2.18. The molecule has 0 N–H and O–H groups in total. The first kappa shape index (κ1) is 21.9. The quantitative estimate of drug-likeness (QED) is 0.446. The van der Waals surface area contributed by atoms with Crippen LogP contribution in [0.5, 0.6) is 5.75 Å². The van der Waals surface area contributed by atoms with E-state index >= 15 is 0 Å². The summed E-state index contributed by atoms with van der Waals surface area (Å²) in [4.78, 5) is 20.0. The van der Waals surface area contributed by atoms with Crippen LogP contribution in [0.25, 0.3) is 21.7 Å². The Morgan fingerprint density at radius 3 is 2.53 bits per heavy atom. The predicted molar refractivity (Wildman–Crippen MR) is 123 cm³/mol. The van der Waals surface area contributed by atoms with E-state index < -0.39 is 0 Å². The molecule has 0 bridgehead atoms. The van der Waals surface area contributed by atoms with Gasteiger partial charge in [-0.15, -0.1) is 11.3 Å². The molecule has 0 aliphatic heterocycles. The Labute approximate surface area is 185 Å². The van der Waals surface area contributed by atoms with Crippen LogP contribution in [0.1, 0.15) is 19.4 Å². The summed E-state index contributed by atoms with van der Waals surface area (Å²) in [6.45, 7) is 5.26. The molecule has 0 saturated heterocycles. The maximum atomic E-state index is 12.5. The van der Waals surface area contributed by atoms with Crippen molar-refractivity contribution in [2.45, 2.75) is 18.9 Å². The summed E-state index contributed by atoms with van der Waals surface area (Å²) in [5.41, 5.74) is 2.99. The Hall–Kier alpha value is -2.82. The van der Waals surface area contributed by atoms with Gasteiger partial charge in [0.15, 0.2) is 0 Å². The van der Waals surface area contributed by atoms with Crippen molar-refractivity contribution in [1.82, 2.24) is 9.88 Å². The molecule has 0 spiro atoms. The predicted octanol–water partition coefficient (Wildman–Crippen LogP) is 5.32. The lowest BCUT2D eigenvalue weighted by molar-refractivity contribution is -0.127. The zero-order valence-corrected chi connectivity index (χ0v) is 18.8. The number of nitriles is 1. The van der Waals surface area contributed by atoms with Gasteiger partial charge in [0, 0.05) is 18.7 Å². The molecule has 3 aromatic rings. The topological polar surface area (TPSA) is 66.2 Å². The highest BCUT2D eigenvalue weighted by Gasteiger charge is 2.18. The normalized spacial score (nSPS) is 10.5. The fraction of sp³-hybridized carbons (Fsp3) is 0.261. The lowest BCUT2D eigenvalue weighted by Crippen LogP contribution is -2.31. The average molecular weight is 438 g/mol. The molecule has 154 valence electrons. The molecule has 2 aromatic heterocycles. The number of hydrogen-bond acceptors (Lipinski definition) is 6. The van der Waals surface area contributed by atoms with E-state index in [1.807, 2.05) is 61.7 Å². The first-order valence-electron chi connectivity index (χ1n) is 9.65. The molecule has 2 heterocycles. The molecule has 0 aliphatic rings. The van der Waals surface area contributed by atoms with E-state index in [1.165, 1.54) is 11.8 Å². The third-order valence-corrected chi connectivity index (χ3v) is 6.57. The maximum Gasteiger partial charge on any atom is 0.232 e. The number of hydrogen-bond donors (Lipinski definition) is 0. The number of pyridine rings is 1. The third-order valence-electron chi connectivity index (χ3n) is 4.72. The van der Waals surface area contributed by atoms with Crippen LogP contribution in [0, 0.1) is 11.3 Å². The lowest BCUT2D eigenvalue weighted by atomic mass is 10.0. The van der Waals surface area contributed by atoms with Crippen molar-refractivity contribution in [3.05, 3.63) is 53.4 Å². The van der Waals surface area contributed by atoms with E-state index in [9.17, 15) is 10.1 Å². The molecule has 30 heavy (non-hydrogen) atoms. The molecular weight excluding hydrogens is 414 g/mol. The highest BCUT2D eigenvalue weighted by atomic mass is 32.2. The number of aromatic nitrogens is 1. The van der Waals surface area contributed by atoms with Crippen LogP contribution in [0.2, 0.25) is 0 Å². The summed E-state index contributed by atoms with van der Waals surface area (Å²) in [5.74, 6) is 1.05. The van der Waals surface area contributed by atoms with Crippen molar-refractivity contribution < 1.29 is 9.53 Å². The minimum Gasteiger partial charge on any atom is -0.497 e. The second kappa shape index (κ2) is 10.3. The zero-order chi connectivity index (χ0) is 21.5. The minimum atomic E-state index is 0.0446. The zero-order valence-electron chi connectivity index (χ0n) is 17.2. The van der Waals surface area contributed by atoms with E-state index in [-0.39, 0.29) is 11.7 Å². The smallest absolute Gasteiger partial charge is 0.232 e. The van der Waals surface area contributed by atoms with E-state index in [0.717, 1.165) is 27.4 Å². The number of amides is 1. The van der Waals surface area contributed by atoms with Crippen molar-refractivity contribution in [3.63, 3.8) is 0 Å². The molecule has 7 heteroatoms. The molecule has 1 aromatic carbocycles. The van der Waals surface area contributed by atoms with E-state index in [4.69, 9.17) is 9.72 Å². The average Bonchev–Trinajstić information content (AvgIpc) is 3.33. The molecule has 0 fully saturated rings. The number of carbonyl (C=O) groups excluding carboxylic acids is 1. The van der Waals surface area contributed by atoms with Crippen LogP contribution in [0.15, 0.2) is 52.9 Å². The number of benzene rings is 1. The van der Waals surface area contributed by atoms with Gasteiger partial charge in [0.1, 0.15) is 16.8 Å². The van der Waals surface area contributed by atoms with Gasteiger partial charge in [-0.2, -0.15) is 5.26 Å². The maximum absolute atomic E-state index is 12.5. The summed E-state index contributed by atoms with van der Waals surface area (Å²) < 4.78 is 5.25. The first-order chi connectivity index (χ1) is 14.6. The largest absolute Gasteiger partial charge is 0.497 e. The van der Waals surface area contributed by atoms with Crippen LogP contribution >= 0.6 is 23.1 Å². The Morgan fingerprint density at radius 2 is 1.97 bits per heavy atom. The molecule has 0 unspecified atom stereocenters. The molecular formula is C23H23N3O2S2. The van der Waals surface area contributed by atoms with Gasteiger partial charge in [0.25, 0.3) is 0 Å². The molecule has 0 radical (unpaired) electrons. The second-order valence-electron chi connectivity index (χ2n) is 6.41. The molecule has 0 aliphatic carbocycles. The first-order valence-corrected chi connectivity index (χ1v) is 11.5. The number of nitrogens with zero attached hydrogens (tertiary/aromatic N) is 3. The van der Waals surface area contributed by atoms with Gasteiger partial charge >= 0.3 is 0 Å². The Morgan fingerprint density at radius 1 is 1.23 bits per heavy atom. The van der Waals surface area contributed by atoms with Crippen molar-refractivity contribution in [3.8, 4) is 33.5 Å². The summed E-state index contributed by atoms with van der Waals surface area (Å²) in [6, 6.07) is 15.9. The van der Waals surface area contributed by atoms with Crippen molar-refractivity contribution >= 4 is 29.0 Å². The van der Waals surface area contributed by atoms with Gasteiger partial charge < -0.3 is 9.64 Å². The van der Waals surface area contributed by atoms with Gasteiger partial charge in [-0.1, -0.05) is 30.0 Å². The Bertz CT molecular complexity index is 1040. The molecule has 5 nitrogen and oxygen atoms in total. The molecule has 0 saturated carbocycles. The Kier molecular flexibility index (Phi) is 7.50. The Balaban J connectivity index is 2.05. The number of rotatable bonds is 8. The number of thiophene rings is 1. The minimum absolute atomic E-state index is 0.0446. The van der Waals surface area contributed by atoms with Gasteiger partial charge in [-0.3, -0.25) is 4.79 Å². The number of carbonyl (C=O) groups is 1. The van der Waals surface area contributed by atoms with E-state index in [0.29, 0.717) is 23.7 Å². The summed E-state index contributed by atoms with van der Waals surface area (Å²) >= 11 is 2.92. The number of ether oxygens (including phenoxy) is 1. The monoisotopic (exact) mass is 437 g/mol. The van der Waals surface area contributed by atoms with Crippen LogP contribution < -0.4 is 4.74 Å². The summed E-state index contributed by atoms with van der Waals surface area (Å²) in [5, 5.41) is 12.5. The second-order valence-corrected chi connectivity index (χ2v) is 8.32. The standard InChI is InChI=1S/C23H23N3O2S2/c1-4-26(5-2)22(27)15-30-23-19(14-24)18(16-8-10-17(28-3)11-9-16)13-20(25-23)21-7-6-12-29-21/h6-13H,4-5,15H2,1-3H3. The molecule has 1 amide bonds. The fourth-order valence-corrected chi connectivity index (χ4v) is 4.67. The summed E-state index contributed by atoms with van der Waals surface area (Å²) in [7, 11) is 1.62. The van der Waals surface area contributed by atoms with Crippen molar-refractivity contribution in [2.75, 3.05) is 26.0 Å². The van der Waals surface area contributed by atoms with Crippen LogP contribution in [-0.2, 0) is 4.79 Å². The van der Waals surface area contributed by atoms with Crippen molar-refractivity contribution in [1.29, 1.82) is 5.26 Å². The molecule has 0 atom stereocenters. The highest BCUT2D eigenvalue weighted by molar-refractivity contribution is 8.00.